The third-order valence-electron chi connectivity index (χ3n) is 4.14. The van der Waals surface area contributed by atoms with Crippen LogP contribution >= 0.6 is 0 Å². The van der Waals surface area contributed by atoms with Crippen molar-refractivity contribution in [1.82, 2.24) is 15.1 Å². The fourth-order valence-corrected chi connectivity index (χ4v) is 2.61. The van der Waals surface area contributed by atoms with Gasteiger partial charge in [-0.25, -0.2) is 0 Å². The first-order valence-electron chi connectivity index (χ1n) is 7.95. The molecule has 0 aromatic heterocycles. The van der Waals surface area contributed by atoms with Crippen LogP contribution in [0.5, 0.6) is 0 Å². The minimum Gasteiger partial charge on any atom is -0.340 e. The van der Waals surface area contributed by atoms with Crippen LogP contribution in [0.3, 0.4) is 0 Å². The van der Waals surface area contributed by atoms with E-state index in [0.717, 1.165) is 45.8 Å². The third kappa shape index (κ3) is 5.14. The summed E-state index contributed by atoms with van der Waals surface area (Å²) in [6.07, 6.45) is 0.595. The molecule has 4 heteroatoms. The fraction of sp³-hybridized carbons (Fsp3) is 0.588. The summed E-state index contributed by atoms with van der Waals surface area (Å²) < 4.78 is 0. The highest BCUT2D eigenvalue weighted by Crippen LogP contribution is 2.04. The van der Waals surface area contributed by atoms with Crippen molar-refractivity contribution in [2.45, 2.75) is 26.8 Å². The first kappa shape index (κ1) is 16.0. The van der Waals surface area contributed by atoms with E-state index in [0.29, 0.717) is 6.42 Å². The second-order valence-electron chi connectivity index (χ2n) is 5.73. The van der Waals surface area contributed by atoms with Gasteiger partial charge in [0.2, 0.25) is 5.91 Å². The van der Waals surface area contributed by atoms with Gasteiger partial charge in [-0.1, -0.05) is 36.8 Å². The number of nitrogens with zero attached hydrogens (tertiary/aromatic N) is 2. The summed E-state index contributed by atoms with van der Waals surface area (Å²) in [5, 5.41) is 3.35. The normalized spacial score (nSPS) is 16.2. The predicted molar refractivity (Wildman–Crippen MR) is 86.2 cm³/mol. The summed E-state index contributed by atoms with van der Waals surface area (Å²) in [5.74, 6) is 0.280. The van der Waals surface area contributed by atoms with E-state index >= 15 is 0 Å². The number of likely N-dealkylation sites (N-methyl/N-ethyl adjacent to an activating group) is 1. The molecular formula is C17H27N3O. The number of hydrogen-bond acceptors (Lipinski definition) is 3. The van der Waals surface area contributed by atoms with Crippen LogP contribution in [0.4, 0.5) is 0 Å². The van der Waals surface area contributed by atoms with Crippen LogP contribution in [0.25, 0.3) is 0 Å². The van der Waals surface area contributed by atoms with Crippen LogP contribution in [0.1, 0.15) is 24.5 Å². The van der Waals surface area contributed by atoms with E-state index in [1.807, 2.05) is 4.90 Å². The van der Waals surface area contributed by atoms with E-state index in [1.165, 1.54) is 11.1 Å². The van der Waals surface area contributed by atoms with Gasteiger partial charge < -0.3 is 15.1 Å². The molecule has 1 fully saturated rings. The van der Waals surface area contributed by atoms with Gasteiger partial charge in [0.25, 0.3) is 0 Å². The molecule has 0 bridgehead atoms. The van der Waals surface area contributed by atoms with Gasteiger partial charge in [0.05, 0.1) is 0 Å². The highest BCUT2D eigenvalue weighted by Gasteiger charge is 2.19. The van der Waals surface area contributed by atoms with Gasteiger partial charge in [-0.15, -0.1) is 0 Å². The second kappa shape index (κ2) is 8.15. The molecule has 21 heavy (non-hydrogen) atoms. The Balaban J connectivity index is 1.62. The lowest BCUT2D eigenvalue weighted by atomic mass is 10.1. The number of benzene rings is 1. The van der Waals surface area contributed by atoms with Gasteiger partial charge in [0.1, 0.15) is 0 Å². The Hall–Kier alpha value is -1.39. The number of hydrogen-bond donors (Lipinski definition) is 1. The lowest BCUT2D eigenvalue weighted by Gasteiger charge is -2.34. The third-order valence-corrected chi connectivity index (χ3v) is 4.14. The highest BCUT2D eigenvalue weighted by molar-refractivity contribution is 5.76. The Kier molecular flexibility index (Phi) is 6.21. The maximum absolute atomic E-state index is 12.1. The Bertz CT molecular complexity index is 436. The molecular weight excluding hydrogens is 262 g/mol. The Morgan fingerprint density at radius 3 is 2.43 bits per heavy atom. The van der Waals surface area contributed by atoms with Gasteiger partial charge in [-0.2, -0.15) is 0 Å². The van der Waals surface area contributed by atoms with E-state index in [4.69, 9.17) is 0 Å². The van der Waals surface area contributed by atoms with E-state index < -0.39 is 0 Å². The number of aryl methyl sites for hydroxylation is 1. The predicted octanol–water partition coefficient (Wildman–Crippen LogP) is 1.64. The van der Waals surface area contributed by atoms with Crippen molar-refractivity contribution in [1.29, 1.82) is 0 Å². The van der Waals surface area contributed by atoms with Crippen molar-refractivity contribution in [2.75, 3.05) is 39.3 Å². The Morgan fingerprint density at radius 1 is 1.14 bits per heavy atom. The van der Waals surface area contributed by atoms with Crippen molar-refractivity contribution in [3.8, 4) is 0 Å². The van der Waals surface area contributed by atoms with Crippen LogP contribution in [0.2, 0.25) is 0 Å². The first-order valence-corrected chi connectivity index (χ1v) is 7.95. The van der Waals surface area contributed by atoms with Gasteiger partial charge in [-0.05, 0) is 19.0 Å². The Labute approximate surface area is 128 Å². The number of carbonyl (C=O) groups excluding carboxylic acids is 1. The monoisotopic (exact) mass is 289 g/mol. The number of rotatable bonds is 6. The minimum atomic E-state index is 0.280. The Morgan fingerprint density at radius 2 is 1.81 bits per heavy atom. The van der Waals surface area contributed by atoms with E-state index in [2.05, 4.69) is 48.3 Å². The molecule has 116 valence electrons. The maximum Gasteiger partial charge on any atom is 0.223 e. The topological polar surface area (TPSA) is 35.6 Å². The van der Waals surface area contributed by atoms with Crippen LogP contribution < -0.4 is 5.32 Å². The van der Waals surface area contributed by atoms with Crippen molar-refractivity contribution in [3.05, 3.63) is 35.4 Å². The number of nitrogens with one attached hydrogen (secondary N) is 1. The second-order valence-corrected chi connectivity index (χ2v) is 5.73. The molecule has 1 heterocycles. The molecule has 1 aromatic carbocycles. The molecule has 0 atom stereocenters. The molecule has 1 N–H and O–H groups in total. The smallest absolute Gasteiger partial charge is 0.223 e. The number of carbonyl (C=O) groups is 1. The standard InChI is InChI=1S/C17H27N3O/c1-3-19-10-12-20(13-11-19)17(21)8-9-18-14-16-6-4-15(2)5-7-16/h4-7,18H,3,8-14H2,1-2H3. The summed E-state index contributed by atoms with van der Waals surface area (Å²) >= 11 is 0. The fourth-order valence-electron chi connectivity index (χ4n) is 2.61. The van der Waals surface area contributed by atoms with E-state index in [1.54, 1.807) is 0 Å². The molecule has 0 spiro atoms. The quantitative estimate of drug-likeness (QED) is 0.809. The zero-order valence-corrected chi connectivity index (χ0v) is 13.3. The SMILES string of the molecule is CCN1CCN(C(=O)CCNCc2ccc(C)cc2)CC1. The van der Waals surface area contributed by atoms with Crippen LogP contribution in [-0.4, -0.2) is 55.0 Å². The van der Waals surface area contributed by atoms with Crippen molar-refractivity contribution >= 4 is 5.91 Å². The van der Waals surface area contributed by atoms with Gasteiger partial charge in [0, 0.05) is 45.7 Å². The molecule has 0 unspecified atom stereocenters. The van der Waals surface area contributed by atoms with Crippen molar-refractivity contribution in [2.24, 2.45) is 0 Å². The summed E-state index contributed by atoms with van der Waals surface area (Å²) in [6, 6.07) is 8.51. The molecule has 0 radical (unpaired) electrons. The van der Waals surface area contributed by atoms with Gasteiger partial charge in [0.15, 0.2) is 0 Å². The average molecular weight is 289 g/mol. The van der Waals surface area contributed by atoms with E-state index in [-0.39, 0.29) is 5.91 Å². The summed E-state index contributed by atoms with van der Waals surface area (Å²) in [6.45, 7) is 10.7. The molecule has 4 nitrogen and oxygen atoms in total. The van der Waals surface area contributed by atoms with Crippen LogP contribution in [0.15, 0.2) is 24.3 Å². The average Bonchev–Trinajstić information content (AvgIpc) is 2.53. The van der Waals surface area contributed by atoms with Crippen LogP contribution in [0, 0.1) is 6.92 Å². The number of amides is 1. The molecule has 1 aliphatic rings. The lowest BCUT2D eigenvalue weighted by molar-refractivity contribution is -0.132. The summed E-state index contributed by atoms with van der Waals surface area (Å²) in [5.41, 5.74) is 2.55. The molecule has 1 aromatic rings. The minimum absolute atomic E-state index is 0.280. The number of piperazine rings is 1. The van der Waals surface area contributed by atoms with Crippen LogP contribution in [-0.2, 0) is 11.3 Å². The van der Waals surface area contributed by atoms with Gasteiger partial charge >= 0.3 is 0 Å². The summed E-state index contributed by atoms with van der Waals surface area (Å²) in [7, 11) is 0. The molecule has 1 aliphatic heterocycles. The van der Waals surface area contributed by atoms with Gasteiger partial charge in [-0.3, -0.25) is 4.79 Å². The zero-order valence-electron chi connectivity index (χ0n) is 13.3. The zero-order chi connectivity index (χ0) is 15.1. The maximum atomic E-state index is 12.1. The molecule has 0 aliphatic carbocycles. The lowest BCUT2D eigenvalue weighted by Crippen LogP contribution is -2.48. The molecule has 1 saturated heterocycles. The van der Waals surface area contributed by atoms with Crippen molar-refractivity contribution < 1.29 is 4.79 Å². The molecule has 0 saturated carbocycles. The molecule has 1 amide bonds. The van der Waals surface area contributed by atoms with Crippen molar-refractivity contribution in [3.63, 3.8) is 0 Å². The molecule has 2 rings (SSSR count). The van der Waals surface area contributed by atoms with E-state index in [9.17, 15) is 4.79 Å². The summed E-state index contributed by atoms with van der Waals surface area (Å²) in [4.78, 5) is 16.5. The first-order chi connectivity index (χ1) is 10.2. The largest absolute Gasteiger partial charge is 0.340 e. The highest BCUT2D eigenvalue weighted by atomic mass is 16.2.